The van der Waals surface area contributed by atoms with Crippen molar-refractivity contribution in [3.63, 3.8) is 0 Å². The zero-order valence-corrected chi connectivity index (χ0v) is 6.09. The largest absolute Gasteiger partial charge is 0.478 e. The number of amides is 1. The molecule has 0 aromatic carbocycles. The summed E-state index contributed by atoms with van der Waals surface area (Å²) in [6.07, 6.45) is 0. The van der Waals surface area contributed by atoms with Crippen molar-refractivity contribution in [1.29, 1.82) is 0 Å². The first-order valence-electron chi connectivity index (χ1n) is 2.60. The van der Waals surface area contributed by atoms with Crippen LogP contribution in [-0.2, 0) is 0 Å². The van der Waals surface area contributed by atoms with Gasteiger partial charge in [0.05, 0.1) is 0 Å². The van der Waals surface area contributed by atoms with Crippen molar-refractivity contribution in [1.82, 2.24) is 4.37 Å². The van der Waals surface area contributed by atoms with Gasteiger partial charge < -0.3 is 10.8 Å². The molecule has 1 aromatic heterocycles. The van der Waals surface area contributed by atoms with E-state index in [9.17, 15) is 9.59 Å². The van der Waals surface area contributed by atoms with Gasteiger partial charge in [-0.3, -0.25) is 4.79 Å². The first kappa shape index (κ1) is 7.67. The number of hydrogen-bond donors (Lipinski definition) is 2. The summed E-state index contributed by atoms with van der Waals surface area (Å²) in [5.74, 6) is -2.00. The summed E-state index contributed by atoms with van der Waals surface area (Å²) in [6, 6.07) is 0. The zero-order valence-electron chi connectivity index (χ0n) is 5.27. The van der Waals surface area contributed by atoms with Crippen LogP contribution >= 0.6 is 11.5 Å². The lowest BCUT2D eigenvalue weighted by atomic mass is 10.2. The average molecular weight is 172 g/mol. The van der Waals surface area contributed by atoms with Gasteiger partial charge in [0, 0.05) is 5.38 Å². The fourth-order valence-electron chi connectivity index (χ4n) is 0.566. The average Bonchev–Trinajstić information content (AvgIpc) is 2.32. The number of aromatic nitrogens is 1. The Bertz CT molecular complexity index is 278. The van der Waals surface area contributed by atoms with E-state index in [1.54, 1.807) is 0 Å². The minimum absolute atomic E-state index is 0.137. The number of hydrogen-bond acceptors (Lipinski definition) is 4. The number of carbonyl (C=O) groups excluding carboxylic acids is 1. The van der Waals surface area contributed by atoms with Crippen LogP contribution < -0.4 is 5.73 Å². The monoisotopic (exact) mass is 172 g/mol. The number of nitrogens with two attached hydrogens (primary N) is 1. The molecule has 0 bridgehead atoms. The highest BCUT2D eigenvalue weighted by molar-refractivity contribution is 7.04. The van der Waals surface area contributed by atoms with Gasteiger partial charge in [0.15, 0.2) is 5.69 Å². The lowest BCUT2D eigenvalue weighted by Gasteiger charge is -1.89. The first-order valence-corrected chi connectivity index (χ1v) is 3.44. The third-order valence-corrected chi connectivity index (χ3v) is 1.66. The van der Waals surface area contributed by atoms with Gasteiger partial charge in [0.25, 0.3) is 5.91 Å². The molecule has 0 fully saturated rings. The van der Waals surface area contributed by atoms with Crippen LogP contribution in [0, 0.1) is 0 Å². The van der Waals surface area contributed by atoms with E-state index >= 15 is 0 Å². The van der Waals surface area contributed by atoms with Gasteiger partial charge in [-0.25, -0.2) is 4.79 Å². The molecule has 1 rings (SSSR count). The number of rotatable bonds is 2. The summed E-state index contributed by atoms with van der Waals surface area (Å²) >= 11 is 0.891. The molecule has 3 N–H and O–H groups in total. The number of carboxylic acids is 1. The van der Waals surface area contributed by atoms with E-state index in [1.807, 2.05) is 0 Å². The number of nitrogens with zero attached hydrogens (tertiary/aromatic N) is 1. The summed E-state index contributed by atoms with van der Waals surface area (Å²) in [7, 11) is 0. The Labute approximate surface area is 65.6 Å². The van der Waals surface area contributed by atoms with E-state index in [1.165, 1.54) is 5.38 Å². The van der Waals surface area contributed by atoms with Crippen molar-refractivity contribution in [2.45, 2.75) is 0 Å². The molecule has 58 valence electrons. The second-order valence-corrected chi connectivity index (χ2v) is 2.38. The van der Waals surface area contributed by atoms with Gasteiger partial charge in [-0.2, -0.15) is 4.37 Å². The van der Waals surface area contributed by atoms with E-state index in [2.05, 4.69) is 4.37 Å². The minimum Gasteiger partial charge on any atom is -0.478 e. The molecular formula is C5H4N2O3S. The maximum absolute atomic E-state index is 10.5. The normalized spacial score (nSPS) is 9.45. The summed E-state index contributed by atoms with van der Waals surface area (Å²) < 4.78 is 3.52. The highest BCUT2D eigenvalue weighted by atomic mass is 32.1. The Balaban J connectivity index is 3.16. The van der Waals surface area contributed by atoms with Crippen molar-refractivity contribution < 1.29 is 14.7 Å². The van der Waals surface area contributed by atoms with Crippen LogP contribution in [0.4, 0.5) is 0 Å². The van der Waals surface area contributed by atoms with Crippen molar-refractivity contribution in [3.8, 4) is 0 Å². The number of carbonyl (C=O) groups is 2. The van der Waals surface area contributed by atoms with Gasteiger partial charge in [-0.1, -0.05) is 0 Å². The molecule has 0 radical (unpaired) electrons. The Hall–Kier alpha value is -1.43. The van der Waals surface area contributed by atoms with E-state index in [-0.39, 0.29) is 11.3 Å². The maximum Gasteiger partial charge on any atom is 0.339 e. The van der Waals surface area contributed by atoms with Crippen molar-refractivity contribution >= 4 is 23.4 Å². The molecule has 0 atom stereocenters. The second kappa shape index (κ2) is 2.67. The second-order valence-electron chi connectivity index (χ2n) is 1.75. The van der Waals surface area contributed by atoms with Crippen LogP contribution in [0.3, 0.4) is 0 Å². The van der Waals surface area contributed by atoms with E-state index in [4.69, 9.17) is 10.8 Å². The highest BCUT2D eigenvalue weighted by Gasteiger charge is 2.16. The quantitative estimate of drug-likeness (QED) is 0.653. The molecular weight excluding hydrogens is 168 g/mol. The van der Waals surface area contributed by atoms with Gasteiger partial charge >= 0.3 is 5.97 Å². The SMILES string of the molecule is NC(=O)c1nscc1C(=O)O. The van der Waals surface area contributed by atoms with Crippen LogP contribution in [0.2, 0.25) is 0 Å². The lowest BCUT2D eigenvalue weighted by molar-refractivity contribution is 0.0692. The van der Waals surface area contributed by atoms with Crippen LogP contribution in [-0.4, -0.2) is 21.4 Å². The standard InChI is InChI=1S/C5H4N2O3S/c6-4(8)3-2(5(9)10)1-11-7-3/h1H,(H2,6,8)(H,9,10). The summed E-state index contributed by atoms with van der Waals surface area (Å²) in [5.41, 5.74) is 4.52. The summed E-state index contributed by atoms with van der Waals surface area (Å²) in [6.45, 7) is 0. The van der Waals surface area contributed by atoms with Gasteiger partial charge in [0.2, 0.25) is 0 Å². The number of carboxylic acid groups (broad SMARTS) is 1. The zero-order chi connectivity index (χ0) is 8.43. The predicted octanol–water partition coefficient (Wildman–Crippen LogP) is -0.0598. The van der Waals surface area contributed by atoms with Crippen LogP contribution in [0.25, 0.3) is 0 Å². The van der Waals surface area contributed by atoms with Crippen LogP contribution in [0.15, 0.2) is 5.38 Å². The molecule has 1 heterocycles. The first-order chi connectivity index (χ1) is 5.13. The molecule has 5 nitrogen and oxygen atoms in total. The van der Waals surface area contributed by atoms with Crippen molar-refractivity contribution in [3.05, 3.63) is 16.6 Å². The molecule has 0 aliphatic rings. The van der Waals surface area contributed by atoms with Gasteiger partial charge in [-0.05, 0) is 11.5 Å². The fraction of sp³-hybridized carbons (Fsp3) is 0. The molecule has 0 saturated carbocycles. The number of aromatic carboxylic acids is 1. The molecule has 6 heteroatoms. The lowest BCUT2D eigenvalue weighted by Crippen LogP contribution is -2.15. The molecule has 1 amide bonds. The molecule has 0 saturated heterocycles. The molecule has 0 unspecified atom stereocenters. The topological polar surface area (TPSA) is 93.3 Å². The Morgan fingerprint density at radius 1 is 1.64 bits per heavy atom. The Kier molecular flexibility index (Phi) is 1.86. The van der Waals surface area contributed by atoms with E-state index < -0.39 is 11.9 Å². The van der Waals surface area contributed by atoms with Crippen molar-refractivity contribution in [2.24, 2.45) is 5.73 Å². The van der Waals surface area contributed by atoms with Crippen molar-refractivity contribution in [2.75, 3.05) is 0 Å². The van der Waals surface area contributed by atoms with Gasteiger partial charge in [0.1, 0.15) is 5.56 Å². The third-order valence-electron chi connectivity index (χ3n) is 1.03. The van der Waals surface area contributed by atoms with E-state index in [0.29, 0.717) is 0 Å². The van der Waals surface area contributed by atoms with E-state index in [0.717, 1.165) is 11.5 Å². The smallest absolute Gasteiger partial charge is 0.339 e. The third kappa shape index (κ3) is 1.35. The molecule has 0 spiro atoms. The predicted molar refractivity (Wildman–Crippen MR) is 37.6 cm³/mol. The maximum atomic E-state index is 10.5. The highest BCUT2D eigenvalue weighted by Crippen LogP contribution is 2.09. The molecule has 0 aliphatic heterocycles. The molecule has 11 heavy (non-hydrogen) atoms. The molecule has 1 aromatic rings. The fourth-order valence-corrected chi connectivity index (χ4v) is 1.23. The number of primary amides is 1. The molecule has 0 aliphatic carbocycles. The van der Waals surface area contributed by atoms with Crippen LogP contribution in [0.1, 0.15) is 20.8 Å². The Morgan fingerprint density at radius 2 is 2.27 bits per heavy atom. The van der Waals surface area contributed by atoms with Gasteiger partial charge in [-0.15, -0.1) is 0 Å². The summed E-state index contributed by atoms with van der Waals surface area (Å²) in [5, 5.41) is 9.73. The van der Waals surface area contributed by atoms with Crippen LogP contribution in [0.5, 0.6) is 0 Å². The Morgan fingerprint density at radius 3 is 2.64 bits per heavy atom. The minimum atomic E-state index is -1.19. The summed E-state index contributed by atoms with van der Waals surface area (Å²) in [4.78, 5) is 20.8.